The first-order valence-corrected chi connectivity index (χ1v) is 6.06. The Hall–Kier alpha value is -1.14. The van der Waals surface area contributed by atoms with E-state index in [9.17, 15) is 0 Å². The molecule has 0 amide bonds. The highest BCUT2D eigenvalue weighted by Gasteiger charge is 2.06. The molecule has 0 aliphatic rings. The molecule has 16 heavy (non-hydrogen) atoms. The first kappa shape index (κ1) is 10.0. The predicted molar refractivity (Wildman–Crippen MR) is 68.0 cm³/mol. The maximum atomic E-state index is 4.36. The molecule has 0 saturated carbocycles. The van der Waals surface area contributed by atoms with Crippen LogP contribution in [0.5, 0.6) is 0 Å². The Morgan fingerprint density at radius 1 is 0.688 bits per heavy atom. The Morgan fingerprint density at radius 3 is 1.56 bits per heavy atom. The normalized spacial score (nSPS) is 11.1. The third kappa shape index (κ3) is 1.58. The maximum absolute atomic E-state index is 4.36. The first-order chi connectivity index (χ1) is 7.74. The molecule has 4 nitrogen and oxygen atoms in total. The minimum Gasteiger partial charge on any atom is -0.253 e. The highest BCUT2D eigenvalue weighted by Crippen LogP contribution is 2.24. The third-order valence-corrected chi connectivity index (χ3v) is 3.81. The molecule has 0 N–H and O–H groups in total. The van der Waals surface area contributed by atoms with Crippen LogP contribution in [0.2, 0.25) is 0 Å². The third-order valence-electron chi connectivity index (χ3n) is 2.17. The molecule has 3 aromatic rings. The summed E-state index contributed by atoms with van der Waals surface area (Å²) in [6.45, 7) is 0. The summed E-state index contributed by atoms with van der Waals surface area (Å²) in [6.07, 6.45) is 3.32. The van der Waals surface area contributed by atoms with Crippen molar-refractivity contribution in [3.05, 3.63) is 33.7 Å². The number of benzene rings is 1. The van der Waals surface area contributed by atoms with E-state index in [0.717, 1.165) is 22.1 Å². The molecule has 1 aromatic carbocycles. The summed E-state index contributed by atoms with van der Waals surface area (Å²) in [7, 11) is 0. The number of aromatic nitrogens is 4. The van der Waals surface area contributed by atoms with E-state index < -0.39 is 0 Å². The molecule has 0 aliphatic carbocycles. The summed E-state index contributed by atoms with van der Waals surface area (Å²) in [5.41, 5.74) is 3.23. The number of hydrogen-bond acceptors (Lipinski definition) is 4. The second kappa shape index (κ2) is 3.71. The van der Waals surface area contributed by atoms with E-state index in [1.165, 1.54) is 0 Å². The lowest BCUT2D eigenvalue weighted by molar-refractivity contribution is 1.20. The zero-order chi connectivity index (χ0) is 11.1. The number of halogens is 2. The van der Waals surface area contributed by atoms with Crippen LogP contribution < -0.4 is 0 Å². The quantitative estimate of drug-likeness (QED) is 0.590. The average Bonchev–Trinajstić information content (AvgIpc) is 2.28. The van der Waals surface area contributed by atoms with Crippen LogP contribution in [0.15, 0.2) is 33.7 Å². The van der Waals surface area contributed by atoms with Crippen molar-refractivity contribution in [2.45, 2.75) is 0 Å². The lowest BCUT2D eigenvalue weighted by Crippen LogP contribution is -1.89. The van der Waals surface area contributed by atoms with E-state index in [1.54, 1.807) is 12.4 Å². The summed E-state index contributed by atoms with van der Waals surface area (Å²) < 4.78 is 1.37. The van der Waals surface area contributed by atoms with Crippen molar-refractivity contribution in [2.24, 2.45) is 0 Å². The van der Waals surface area contributed by atoms with Gasteiger partial charge in [-0.1, -0.05) is 0 Å². The predicted octanol–water partition coefficient (Wildman–Crippen LogP) is 3.10. The molecule has 6 heteroatoms. The minimum atomic E-state index is 0.684. The fraction of sp³-hybridized carbons (Fsp3) is 0. The monoisotopic (exact) mass is 338 g/mol. The second-order valence-corrected chi connectivity index (χ2v) is 4.69. The van der Waals surface area contributed by atoms with Gasteiger partial charge in [0.1, 0.15) is 9.21 Å². The molecule has 78 valence electrons. The van der Waals surface area contributed by atoms with Gasteiger partial charge in [-0.3, -0.25) is 9.97 Å². The SMILES string of the molecule is Brc1nc2cc3nccnc3cc2nc1Br. The summed E-state index contributed by atoms with van der Waals surface area (Å²) in [5.74, 6) is 0. The standard InChI is InChI=1S/C10H4Br2N4/c11-9-10(12)16-8-4-6-5(3-7(8)15-9)13-1-2-14-6/h1-4H. The topological polar surface area (TPSA) is 51.6 Å². The van der Waals surface area contributed by atoms with Crippen molar-refractivity contribution < 1.29 is 0 Å². The van der Waals surface area contributed by atoms with Crippen LogP contribution in [0.25, 0.3) is 22.1 Å². The summed E-state index contributed by atoms with van der Waals surface area (Å²) in [6, 6.07) is 3.75. The van der Waals surface area contributed by atoms with Crippen LogP contribution in [0.1, 0.15) is 0 Å². The molecule has 0 atom stereocenters. The molecule has 0 spiro atoms. The second-order valence-electron chi connectivity index (χ2n) is 3.19. The molecular weight excluding hydrogens is 336 g/mol. The molecule has 0 saturated heterocycles. The van der Waals surface area contributed by atoms with Gasteiger partial charge in [0.2, 0.25) is 0 Å². The van der Waals surface area contributed by atoms with Crippen molar-refractivity contribution in [1.29, 1.82) is 0 Å². The highest BCUT2D eigenvalue weighted by atomic mass is 79.9. The van der Waals surface area contributed by atoms with E-state index in [1.807, 2.05) is 12.1 Å². The Kier molecular flexibility index (Phi) is 2.33. The van der Waals surface area contributed by atoms with Crippen molar-refractivity contribution in [3.8, 4) is 0 Å². The van der Waals surface area contributed by atoms with Gasteiger partial charge in [0.05, 0.1) is 22.1 Å². The minimum absolute atomic E-state index is 0.684. The molecular formula is C10H4Br2N4. The zero-order valence-electron chi connectivity index (χ0n) is 7.85. The summed E-state index contributed by atoms with van der Waals surface area (Å²) in [5, 5.41) is 0. The van der Waals surface area contributed by atoms with Gasteiger partial charge in [0, 0.05) is 12.4 Å². The van der Waals surface area contributed by atoms with E-state index in [0.29, 0.717) is 9.21 Å². The summed E-state index contributed by atoms with van der Waals surface area (Å²) >= 11 is 6.65. The molecule has 0 aliphatic heterocycles. The Balaban J connectivity index is 2.46. The Morgan fingerprint density at radius 2 is 1.12 bits per heavy atom. The fourth-order valence-electron chi connectivity index (χ4n) is 1.47. The Bertz CT molecular complexity index is 639. The van der Waals surface area contributed by atoms with Crippen LogP contribution in [0.3, 0.4) is 0 Å². The van der Waals surface area contributed by atoms with Gasteiger partial charge in [-0.2, -0.15) is 0 Å². The van der Waals surface area contributed by atoms with Gasteiger partial charge in [-0.15, -0.1) is 0 Å². The molecule has 2 aromatic heterocycles. The van der Waals surface area contributed by atoms with Gasteiger partial charge in [0.25, 0.3) is 0 Å². The van der Waals surface area contributed by atoms with Gasteiger partial charge < -0.3 is 0 Å². The average molecular weight is 340 g/mol. The maximum Gasteiger partial charge on any atom is 0.139 e. The summed E-state index contributed by atoms with van der Waals surface area (Å²) in [4.78, 5) is 17.2. The van der Waals surface area contributed by atoms with Crippen LogP contribution in [0, 0.1) is 0 Å². The number of nitrogens with zero attached hydrogens (tertiary/aromatic N) is 4. The first-order valence-electron chi connectivity index (χ1n) is 4.47. The van der Waals surface area contributed by atoms with Crippen LogP contribution in [-0.4, -0.2) is 19.9 Å². The largest absolute Gasteiger partial charge is 0.253 e. The molecule has 0 unspecified atom stereocenters. The Labute approximate surface area is 107 Å². The van der Waals surface area contributed by atoms with Gasteiger partial charge in [-0.05, 0) is 44.0 Å². The highest BCUT2D eigenvalue weighted by molar-refractivity contribution is 9.13. The van der Waals surface area contributed by atoms with E-state index in [2.05, 4.69) is 51.8 Å². The molecule has 0 fully saturated rings. The number of hydrogen-bond donors (Lipinski definition) is 0. The number of rotatable bonds is 0. The van der Waals surface area contributed by atoms with Crippen molar-refractivity contribution in [1.82, 2.24) is 19.9 Å². The van der Waals surface area contributed by atoms with Crippen molar-refractivity contribution >= 4 is 53.9 Å². The lowest BCUT2D eigenvalue weighted by Gasteiger charge is -2.01. The van der Waals surface area contributed by atoms with Crippen molar-refractivity contribution in [3.63, 3.8) is 0 Å². The molecule has 3 rings (SSSR count). The number of fused-ring (bicyclic) bond motifs is 2. The van der Waals surface area contributed by atoms with Crippen LogP contribution in [0.4, 0.5) is 0 Å². The van der Waals surface area contributed by atoms with E-state index in [-0.39, 0.29) is 0 Å². The fourth-order valence-corrected chi connectivity index (χ4v) is 2.03. The molecule has 2 heterocycles. The molecule has 0 bridgehead atoms. The molecule has 0 radical (unpaired) electrons. The van der Waals surface area contributed by atoms with Crippen LogP contribution in [-0.2, 0) is 0 Å². The van der Waals surface area contributed by atoms with Gasteiger partial charge in [-0.25, -0.2) is 9.97 Å². The van der Waals surface area contributed by atoms with Crippen LogP contribution >= 0.6 is 31.9 Å². The van der Waals surface area contributed by atoms with E-state index >= 15 is 0 Å². The van der Waals surface area contributed by atoms with Crippen molar-refractivity contribution in [2.75, 3.05) is 0 Å². The zero-order valence-corrected chi connectivity index (χ0v) is 11.0. The van der Waals surface area contributed by atoms with E-state index in [4.69, 9.17) is 0 Å². The smallest absolute Gasteiger partial charge is 0.139 e. The lowest BCUT2D eigenvalue weighted by atomic mass is 10.2. The van der Waals surface area contributed by atoms with Gasteiger partial charge in [0.15, 0.2) is 0 Å². The van der Waals surface area contributed by atoms with Gasteiger partial charge >= 0.3 is 0 Å².